The smallest absolute Gasteiger partial charge is 0.149 e. The normalized spacial score (nSPS) is 10.9. The summed E-state index contributed by atoms with van der Waals surface area (Å²) in [4.78, 5) is 4.47. The van der Waals surface area contributed by atoms with Gasteiger partial charge in [0.25, 0.3) is 0 Å². The van der Waals surface area contributed by atoms with E-state index < -0.39 is 0 Å². The summed E-state index contributed by atoms with van der Waals surface area (Å²) in [6.45, 7) is 3.77. The Hall–Kier alpha value is -2.36. The Morgan fingerprint density at radius 2 is 1.89 bits per heavy atom. The van der Waals surface area contributed by atoms with Crippen LogP contribution in [0.25, 0.3) is 5.65 Å². The number of hydrogen-bond acceptors (Lipinski definition) is 2. The Labute approximate surface area is 110 Å². The van der Waals surface area contributed by atoms with E-state index in [4.69, 9.17) is 0 Å². The molecule has 0 amide bonds. The van der Waals surface area contributed by atoms with Gasteiger partial charge in [-0.15, -0.1) is 0 Å². The first-order valence-corrected chi connectivity index (χ1v) is 6.11. The molecule has 0 saturated carbocycles. The highest BCUT2D eigenvalue weighted by atomic mass is 19.1. The number of fused-ring (bicyclic) bond motifs is 1. The lowest BCUT2D eigenvalue weighted by atomic mass is 10.1. The maximum Gasteiger partial charge on any atom is 0.149 e. The number of nitrogens with one attached hydrogen (secondary N) is 1. The number of anilines is 2. The zero-order valence-corrected chi connectivity index (χ0v) is 10.8. The highest BCUT2D eigenvalue weighted by Crippen LogP contribution is 2.25. The van der Waals surface area contributed by atoms with Gasteiger partial charge in [-0.05, 0) is 49.2 Å². The van der Waals surface area contributed by atoms with E-state index in [9.17, 15) is 4.39 Å². The average Bonchev–Trinajstić information content (AvgIpc) is 2.76. The van der Waals surface area contributed by atoms with E-state index in [-0.39, 0.29) is 5.82 Å². The van der Waals surface area contributed by atoms with Crippen LogP contribution in [-0.2, 0) is 0 Å². The van der Waals surface area contributed by atoms with Crippen LogP contribution >= 0.6 is 0 Å². The second-order valence-corrected chi connectivity index (χ2v) is 4.63. The van der Waals surface area contributed by atoms with Crippen molar-refractivity contribution in [3.8, 4) is 0 Å². The fourth-order valence-corrected chi connectivity index (χ4v) is 2.23. The first-order chi connectivity index (χ1) is 9.13. The van der Waals surface area contributed by atoms with Gasteiger partial charge in [0.05, 0.1) is 6.20 Å². The predicted octanol–water partition coefficient (Wildman–Crippen LogP) is 3.83. The molecule has 3 nitrogen and oxygen atoms in total. The highest BCUT2D eigenvalue weighted by molar-refractivity contribution is 5.65. The lowest BCUT2D eigenvalue weighted by Gasteiger charge is -2.10. The number of aryl methyl sites for hydroxylation is 2. The lowest BCUT2D eigenvalue weighted by molar-refractivity contribution is 0.625. The Kier molecular flexibility index (Phi) is 2.71. The Morgan fingerprint density at radius 1 is 1.16 bits per heavy atom. The highest BCUT2D eigenvalue weighted by Gasteiger charge is 2.07. The molecule has 3 rings (SSSR count). The number of hydrogen-bond donors (Lipinski definition) is 1. The van der Waals surface area contributed by atoms with E-state index in [0.29, 0.717) is 0 Å². The molecule has 0 spiro atoms. The molecule has 19 heavy (non-hydrogen) atoms. The quantitative estimate of drug-likeness (QED) is 0.754. The average molecular weight is 255 g/mol. The minimum Gasteiger partial charge on any atom is -0.338 e. The van der Waals surface area contributed by atoms with Crippen molar-refractivity contribution in [1.82, 2.24) is 9.38 Å². The molecule has 0 saturated heterocycles. The van der Waals surface area contributed by atoms with Gasteiger partial charge >= 0.3 is 0 Å². The molecule has 1 N–H and O–H groups in total. The summed E-state index contributed by atoms with van der Waals surface area (Å²) in [5.41, 5.74) is 3.52. The Morgan fingerprint density at radius 3 is 2.58 bits per heavy atom. The molecule has 2 aromatic heterocycles. The van der Waals surface area contributed by atoms with Crippen LogP contribution in [0.4, 0.5) is 15.9 Å². The van der Waals surface area contributed by atoms with Crippen LogP contribution in [-0.4, -0.2) is 9.38 Å². The Balaban J connectivity index is 2.01. The topological polar surface area (TPSA) is 29.3 Å². The molecule has 0 fully saturated rings. The third-order valence-corrected chi connectivity index (χ3v) is 3.11. The largest absolute Gasteiger partial charge is 0.338 e. The van der Waals surface area contributed by atoms with E-state index in [1.165, 1.54) is 12.1 Å². The SMILES string of the molecule is Cc1cc(F)cc(C)c1Nc1cn2ccccc2n1. The predicted molar refractivity (Wildman–Crippen MR) is 74.3 cm³/mol. The summed E-state index contributed by atoms with van der Waals surface area (Å²) >= 11 is 0. The molecule has 0 atom stereocenters. The Bertz CT molecular complexity index is 690. The summed E-state index contributed by atoms with van der Waals surface area (Å²) < 4.78 is 15.2. The lowest BCUT2D eigenvalue weighted by Crippen LogP contribution is -1.97. The number of nitrogens with zero attached hydrogens (tertiary/aromatic N) is 2. The third kappa shape index (κ3) is 2.17. The first kappa shape index (κ1) is 11.7. The minimum absolute atomic E-state index is 0.212. The van der Waals surface area contributed by atoms with Gasteiger partial charge in [-0.1, -0.05) is 6.07 Å². The van der Waals surface area contributed by atoms with Gasteiger partial charge in [0, 0.05) is 11.9 Å². The maximum absolute atomic E-state index is 13.3. The summed E-state index contributed by atoms with van der Waals surface area (Å²) in [6, 6.07) is 8.87. The van der Waals surface area contributed by atoms with Crippen molar-refractivity contribution in [3.63, 3.8) is 0 Å². The number of aromatic nitrogens is 2. The molecule has 3 aromatic rings. The monoisotopic (exact) mass is 255 g/mol. The van der Waals surface area contributed by atoms with E-state index in [0.717, 1.165) is 28.3 Å². The summed E-state index contributed by atoms with van der Waals surface area (Å²) in [7, 11) is 0. The maximum atomic E-state index is 13.3. The van der Waals surface area contributed by atoms with Gasteiger partial charge in [-0.3, -0.25) is 0 Å². The van der Waals surface area contributed by atoms with E-state index in [1.54, 1.807) is 0 Å². The fraction of sp³-hybridized carbons (Fsp3) is 0.133. The van der Waals surface area contributed by atoms with Gasteiger partial charge in [0.15, 0.2) is 0 Å². The van der Waals surface area contributed by atoms with E-state index in [2.05, 4.69) is 10.3 Å². The molecule has 1 aromatic carbocycles. The molecule has 0 aliphatic carbocycles. The van der Waals surface area contributed by atoms with Crippen molar-refractivity contribution >= 4 is 17.2 Å². The van der Waals surface area contributed by atoms with Gasteiger partial charge in [0.2, 0.25) is 0 Å². The van der Waals surface area contributed by atoms with Crippen LogP contribution in [0.15, 0.2) is 42.7 Å². The summed E-state index contributed by atoms with van der Waals surface area (Å²) in [6.07, 6.45) is 3.86. The van der Waals surface area contributed by atoms with Crippen molar-refractivity contribution in [2.45, 2.75) is 13.8 Å². The van der Waals surface area contributed by atoms with E-state index >= 15 is 0 Å². The van der Waals surface area contributed by atoms with Crippen LogP contribution in [0.3, 0.4) is 0 Å². The number of pyridine rings is 1. The van der Waals surface area contributed by atoms with Crippen LogP contribution in [0.1, 0.15) is 11.1 Å². The number of imidazole rings is 1. The molecular weight excluding hydrogens is 241 g/mol. The first-order valence-electron chi connectivity index (χ1n) is 6.11. The van der Waals surface area contributed by atoms with Gasteiger partial charge < -0.3 is 9.72 Å². The van der Waals surface area contributed by atoms with Gasteiger partial charge in [-0.25, -0.2) is 9.37 Å². The molecule has 4 heteroatoms. The molecule has 0 aliphatic rings. The van der Waals surface area contributed by atoms with Crippen molar-refractivity contribution < 1.29 is 4.39 Å². The zero-order valence-electron chi connectivity index (χ0n) is 10.8. The number of halogens is 1. The second kappa shape index (κ2) is 4.39. The molecule has 2 heterocycles. The molecular formula is C15H14FN3. The minimum atomic E-state index is -0.212. The van der Waals surface area contributed by atoms with Crippen LogP contribution in [0, 0.1) is 19.7 Å². The second-order valence-electron chi connectivity index (χ2n) is 4.63. The number of rotatable bonds is 2. The van der Waals surface area contributed by atoms with Gasteiger partial charge in [-0.2, -0.15) is 0 Å². The van der Waals surface area contributed by atoms with Crippen molar-refractivity contribution in [2.75, 3.05) is 5.32 Å². The van der Waals surface area contributed by atoms with Crippen LogP contribution in [0.2, 0.25) is 0 Å². The molecule has 0 unspecified atom stereocenters. The standard InChI is InChI=1S/C15H14FN3/c1-10-7-12(16)8-11(2)15(10)18-13-9-19-6-4-3-5-14(19)17-13/h3-9,18H,1-2H3. The summed E-state index contributed by atoms with van der Waals surface area (Å²) in [5.74, 6) is 0.541. The fourth-order valence-electron chi connectivity index (χ4n) is 2.23. The van der Waals surface area contributed by atoms with Crippen molar-refractivity contribution in [3.05, 3.63) is 59.7 Å². The van der Waals surface area contributed by atoms with E-state index in [1.807, 2.05) is 48.8 Å². The molecule has 0 radical (unpaired) electrons. The molecule has 96 valence electrons. The number of benzene rings is 1. The molecule has 0 bridgehead atoms. The van der Waals surface area contributed by atoms with Crippen molar-refractivity contribution in [2.24, 2.45) is 0 Å². The van der Waals surface area contributed by atoms with Crippen LogP contribution in [0.5, 0.6) is 0 Å². The molecule has 0 aliphatic heterocycles. The van der Waals surface area contributed by atoms with Crippen molar-refractivity contribution in [1.29, 1.82) is 0 Å². The summed E-state index contributed by atoms with van der Waals surface area (Å²) in [5, 5.41) is 3.26. The zero-order chi connectivity index (χ0) is 13.4. The third-order valence-electron chi connectivity index (χ3n) is 3.11. The van der Waals surface area contributed by atoms with Crippen LogP contribution < -0.4 is 5.32 Å². The van der Waals surface area contributed by atoms with Gasteiger partial charge in [0.1, 0.15) is 17.3 Å².